The van der Waals surface area contributed by atoms with Crippen molar-refractivity contribution in [3.63, 3.8) is 0 Å². The van der Waals surface area contributed by atoms with Crippen LogP contribution in [0.4, 0.5) is 0 Å². The molecule has 0 aliphatic rings. The number of esters is 1. The minimum atomic E-state index is -0.304. The Balaban J connectivity index is 2.75. The van der Waals surface area contributed by atoms with Crippen LogP contribution < -0.4 is 4.74 Å². The number of aryl methyl sites for hydroxylation is 2. The average molecular weight is 215 g/mol. The van der Waals surface area contributed by atoms with Gasteiger partial charge in [0.1, 0.15) is 5.75 Å². The Morgan fingerprint density at radius 3 is 2.75 bits per heavy atom. The van der Waals surface area contributed by atoms with Gasteiger partial charge in [-0.25, -0.2) is 0 Å². The lowest BCUT2D eigenvalue weighted by Crippen LogP contribution is -2.02. The van der Waals surface area contributed by atoms with E-state index in [4.69, 9.17) is 4.74 Å². The van der Waals surface area contributed by atoms with Gasteiger partial charge in [-0.05, 0) is 25.5 Å². The Morgan fingerprint density at radius 1 is 1.31 bits per heavy atom. The summed E-state index contributed by atoms with van der Waals surface area (Å²) < 4.78 is 5.20. The number of ether oxygens (including phenoxy) is 1. The summed E-state index contributed by atoms with van der Waals surface area (Å²) in [7, 11) is 0. The van der Waals surface area contributed by atoms with Crippen molar-refractivity contribution >= 4 is 16.7 Å². The molecular weight excluding hydrogens is 202 g/mol. The largest absolute Gasteiger partial charge is 0.426 e. The first-order valence-electron chi connectivity index (χ1n) is 5.13. The van der Waals surface area contributed by atoms with Gasteiger partial charge in [-0.1, -0.05) is 12.1 Å². The summed E-state index contributed by atoms with van der Waals surface area (Å²) in [6.45, 7) is 5.31. The van der Waals surface area contributed by atoms with Gasteiger partial charge < -0.3 is 4.74 Å². The van der Waals surface area contributed by atoms with Crippen LogP contribution in [0, 0.1) is 13.8 Å². The number of aromatic nitrogens is 1. The number of carbonyl (C=O) groups excluding carboxylic acids is 1. The highest BCUT2D eigenvalue weighted by Gasteiger charge is 2.09. The molecule has 0 saturated carbocycles. The zero-order valence-corrected chi connectivity index (χ0v) is 9.57. The molecule has 0 atom stereocenters. The molecule has 0 amide bonds. The summed E-state index contributed by atoms with van der Waals surface area (Å²) in [5.74, 6) is 0.300. The number of hydrogen-bond acceptors (Lipinski definition) is 3. The monoisotopic (exact) mass is 215 g/mol. The van der Waals surface area contributed by atoms with E-state index in [2.05, 4.69) is 4.98 Å². The predicted octanol–water partition coefficient (Wildman–Crippen LogP) is 2.78. The van der Waals surface area contributed by atoms with Gasteiger partial charge in [0.25, 0.3) is 0 Å². The van der Waals surface area contributed by atoms with Gasteiger partial charge in [-0.15, -0.1) is 0 Å². The van der Waals surface area contributed by atoms with E-state index in [9.17, 15) is 4.79 Å². The van der Waals surface area contributed by atoms with Crippen molar-refractivity contribution in [3.05, 3.63) is 35.7 Å². The van der Waals surface area contributed by atoms with E-state index in [1.165, 1.54) is 6.92 Å². The Bertz CT molecular complexity index is 561. The molecule has 2 aromatic rings. The maximum Gasteiger partial charge on any atom is 0.308 e. The maximum absolute atomic E-state index is 11.0. The molecule has 1 heterocycles. The molecule has 0 N–H and O–H groups in total. The van der Waals surface area contributed by atoms with Crippen molar-refractivity contribution in [1.82, 2.24) is 4.98 Å². The molecule has 1 aromatic heterocycles. The second-order valence-electron chi connectivity index (χ2n) is 3.80. The summed E-state index contributed by atoms with van der Waals surface area (Å²) in [5, 5.41) is 1.99. The first-order valence-corrected chi connectivity index (χ1v) is 5.13. The molecule has 0 aliphatic carbocycles. The Hall–Kier alpha value is -1.90. The molecule has 0 unspecified atom stereocenters. The lowest BCUT2D eigenvalue weighted by Gasteiger charge is -2.09. The fraction of sp³-hybridized carbons (Fsp3) is 0.231. The van der Waals surface area contributed by atoms with Crippen LogP contribution in [0.25, 0.3) is 10.8 Å². The van der Waals surface area contributed by atoms with E-state index >= 15 is 0 Å². The standard InChI is InChI=1S/C13H13NO2/c1-8-7-14-9(2)11-5-4-6-12(13(8)11)16-10(3)15/h4-7H,1-3H3. The number of fused-ring (bicyclic) bond motifs is 1. The van der Waals surface area contributed by atoms with Crippen molar-refractivity contribution in [2.24, 2.45) is 0 Å². The minimum Gasteiger partial charge on any atom is -0.426 e. The van der Waals surface area contributed by atoms with Gasteiger partial charge in [-0.3, -0.25) is 9.78 Å². The minimum absolute atomic E-state index is 0.304. The number of nitrogens with zero attached hydrogens (tertiary/aromatic N) is 1. The third-order valence-corrected chi connectivity index (χ3v) is 2.52. The van der Waals surface area contributed by atoms with Crippen LogP contribution in [-0.4, -0.2) is 11.0 Å². The lowest BCUT2D eigenvalue weighted by atomic mass is 10.1. The van der Waals surface area contributed by atoms with Gasteiger partial charge in [0.15, 0.2) is 0 Å². The van der Waals surface area contributed by atoms with Gasteiger partial charge in [-0.2, -0.15) is 0 Å². The average Bonchev–Trinajstić information content (AvgIpc) is 2.23. The fourth-order valence-electron chi connectivity index (χ4n) is 1.81. The molecule has 0 aliphatic heterocycles. The highest BCUT2D eigenvalue weighted by molar-refractivity contribution is 5.93. The molecule has 0 fully saturated rings. The summed E-state index contributed by atoms with van der Waals surface area (Å²) >= 11 is 0. The number of benzene rings is 1. The Morgan fingerprint density at radius 2 is 2.06 bits per heavy atom. The molecular formula is C13H13NO2. The van der Waals surface area contributed by atoms with Crippen molar-refractivity contribution in [2.75, 3.05) is 0 Å². The van der Waals surface area contributed by atoms with Crippen LogP contribution in [0.5, 0.6) is 5.75 Å². The van der Waals surface area contributed by atoms with Crippen LogP contribution in [0.1, 0.15) is 18.2 Å². The molecule has 0 saturated heterocycles. The lowest BCUT2D eigenvalue weighted by molar-refractivity contribution is -0.131. The van der Waals surface area contributed by atoms with Gasteiger partial charge in [0.2, 0.25) is 0 Å². The van der Waals surface area contributed by atoms with Crippen molar-refractivity contribution < 1.29 is 9.53 Å². The maximum atomic E-state index is 11.0. The highest BCUT2D eigenvalue weighted by Crippen LogP contribution is 2.29. The third kappa shape index (κ3) is 1.76. The number of rotatable bonds is 1. The molecule has 0 bridgehead atoms. The molecule has 2 rings (SSSR count). The Kier molecular flexibility index (Phi) is 2.60. The number of hydrogen-bond donors (Lipinski definition) is 0. The Labute approximate surface area is 94.1 Å². The first-order chi connectivity index (χ1) is 7.59. The van der Waals surface area contributed by atoms with Crippen molar-refractivity contribution in [2.45, 2.75) is 20.8 Å². The molecule has 0 radical (unpaired) electrons. The molecule has 1 aromatic carbocycles. The number of carbonyl (C=O) groups is 1. The van der Waals surface area contributed by atoms with E-state index < -0.39 is 0 Å². The molecule has 82 valence electrons. The van der Waals surface area contributed by atoms with E-state index in [0.717, 1.165) is 22.0 Å². The van der Waals surface area contributed by atoms with E-state index in [0.29, 0.717) is 5.75 Å². The van der Waals surface area contributed by atoms with E-state index in [-0.39, 0.29) is 5.97 Å². The quantitative estimate of drug-likeness (QED) is 0.542. The van der Waals surface area contributed by atoms with Crippen LogP contribution in [-0.2, 0) is 4.79 Å². The third-order valence-electron chi connectivity index (χ3n) is 2.52. The normalized spacial score (nSPS) is 10.4. The number of pyridine rings is 1. The van der Waals surface area contributed by atoms with Gasteiger partial charge in [0, 0.05) is 29.6 Å². The summed E-state index contributed by atoms with van der Waals surface area (Å²) in [4.78, 5) is 15.3. The molecule has 3 nitrogen and oxygen atoms in total. The zero-order valence-electron chi connectivity index (χ0n) is 9.57. The smallest absolute Gasteiger partial charge is 0.308 e. The molecule has 16 heavy (non-hydrogen) atoms. The zero-order chi connectivity index (χ0) is 11.7. The van der Waals surface area contributed by atoms with E-state index in [1.807, 2.05) is 26.0 Å². The van der Waals surface area contributed by atoms with Crippen LogP contribution in [0.15, 0.2) is 24.4 Å². The van der Waals surface area contributed by atoms with Crippen LogP contribution in [0.2, 0.25) is 0 Å². The summed E-state index contributed by atoms with van der Waals surface area (Å²) in [6, 6.07) is 5.66. The SMILES string of the molecule is CC(=O)Oc1cccc2c(C)ncc(C)c12. The molecule has 0 spiro atoms. The van der Waals surface area contributed by atoms with Gasteiger partial charge in [0.05, 0.1) is 0 Å². The first kappa shape index (κ1) is 10.6. The second kappa shape index (κ2) is 3.93. The fourth-order valence-corrected chi connectivity index (χ4v) is 1.81. The van der Waals surface area contributed by atoms with E-state index in [1.54, 1.807) is 12.3 Å². The molecule has 3 heteroatoms. The van der Waals surface area contributed by atoms with Crippen molar-refractivity contribution in [3.8, 4) is 5.75 Å². The van der Waals surface area contributed by atoms with Crippen LogP contribution >= 0.6 is 0 Å². The second-order valence-corrected chi connectivity index (χ2v) is 3.80. The summed E-state index contributed by atoms with van der Waals surface area (Å²) in [5.41, 5.74) is 1.95. The van der Waals surface area contributed by atoms with Crippen molar-refractivity contribution in [1.29, 1.82) is 0 Å². The predicted molar refractivity (Wildman–Crippen MR) is 62.5 cm³/mol. The topological polar surface area (TPSA) is 39.2 Å². The summed E-state index contributed by atoms with van der Waals surface area (Å²) in [6.07, 6.45) is 1.80. The highest BCUT2D eigenvalue weighted by atomic mass is 16.5. The van der Waals surface area contributed by atoms with Gasteiger partial charge >= 0.3 is 5.97 Å². The van der Waals surface area contributed by atoms with Crippen LogP contribution in [0.3, 0.4) is 0 Å².